The Morgan fingerprint density at radius 3 is 2.61 bits per heavy atom. The van der Waals surface area contributed by atoms with Gasteiger partial charge in [0.1, 0.15) is 12.2 Å². The molecule has 0 aromatic heterocycles. The maximum absolute atomic E-state index is 12.9. The Labute approximate surface area is 128 Å². The van der Waals surface area contributed by atoms with E-state index in [0.717, 1.165) is 0 Å². The number of halogens is 3. The van der Waals surface area contributed by atoms with Crippen molar-refractivity contribution in [3.8, 4) is 0 Å². The Hall–Kier alpha value is -1.36. The van der Waals surface area contributed by atoms with Gasteiger partial charge in [0.15, 0.2) is 5.92 Å². The highest BCUT2D eigenvalue weighted by molar-refractivity contribution is 7.85. The lowest BCUT2D eigenvalue weighted by molar-refractivity contribution is -0.202. The molecule has 1 saturated heterocycles. The van der Waals surface area contributed by atoms with Crippen LogP contribution in [0.3, 0.4) is 0 Å². The Morgan fingerprint density at radius 1 is 1.39 bits per heavy atom. The lowest BCUT2D eigenvalue weighted by atomic mass is 9.88. The van der Waals surface area contributed by atoms with E-state index in [2.05, 4.69) is 0 Å². The average Bonchev–Trinajstić information content (AvgIpc) is 2.98. The van der Waals surface area contributed by atoms with Crippen molar-refractivity contribution < 1.29 is 45.2 Å². The zero-order chi connectivity index (χ0) is 17.2. The smallest absolute Gasteiger partial charge is 0.403 e. The van der Waals surface area contributed by atoms with E-state index in [1.54, 1.807) is 0 Å². The largest absolute Gasteiger partial charge is 0.458 e. The number of esters is 2. The summed E-state index contributed by atoms with van der Waals surface area (Å²) in [7, 11) is -5.02. The second-order valence-electron chi connectivity index (χ2n) is 6.15. The van der Waals surface area contributed by atoms with Gasteiger partial charge in [-0.2, -0.15) is 21.6 Å². The van der Waals surface area contributed by atoms with Crippen molar-refractivity contribution in [3.63, 3.8) is 0 Å². The monoisotopic (exact) mass is 358 g/mol. The summed E-state index contributed by atoms with van der Waals surface area (Å²) >= 11 is 0. The fraction of sp³-hybridized carbons (Fsp3) is 0.833. The zero-order valence-corrected chi connectivity index (χ0v) is 12.3. The van der Waals surface area contributed by atoms with Crippen LogP contribution in [0.25, 0.3) is 0 Å². The normalized spacial score (nSPS) is 36.9. The Balaban J connectivity index is 1.74. The van der Waals surface area contributed by atoms with Crippen molar-refractivity contribution in [1.29, 1.82) is 0 Å². The standard InChI is InChI=1S/C12H13F3O7S/c13-12(14,15)7(3-23(18,19)20)11(17)21-8-4-1-5-6(2-4)10(16)22-9(5)8/h4-9H,1-3H2,(H,18,19,20). The van der Waals surface area contributed by atoms with E-state index in [9.17, 15) is 31.2 Å². The first-order chi connectivity index (χ1) is 10.5. The lowest BCUT2D eigenvalue weighted by Gasteiger charge is -2.27. The summed E-state index contributed by atoms with van der Waals surface area (Å²) in [6.07, 6.45) is -6.04. The van der Waals surface area contributed by atoms with Gasteiger partial charge in [-0.15, -0.1) is 0 Å². The van der Waals surface area contributed by atoms with Crippen LogP contribution in [-0.4, -0.2) is 49.0 Å². The molecule has 0 radical (unpaired) electrons. The van der Waals surface area contributed by atoms with Gasteiger partial charge >= 0.3 is 18.1 Å². The van der Waals surface area contributed by atoms with E-state index < -0.39 is 52.1 Å². The lowest BCUT2D eigenvalue weighted by Crippen LogP contribution is -2.43. The minimum atomic E-state index is -5.18. The molecule has 0 aromatic carbocycles. The van der Waals surface area contributed by atoms with E-state index in [-0.39, 0.29) is 17.8 Å². The van der Waals surface area contributed by atoms with Crippen LogP contribution in [0.15, 0.2) is 0 Å². The van der Waals surface area contributed by atoms with Crippen molar-refractivity contribution in [2.24, 2.45) is 23.7 Å². The Kier molecular flexibility index (Phi) is 3.63. The molecule has 0 aromatic rings. The minimum Gasteiger partial charge on any atom is -0.458 e. The molecular weight excluding hydrogens is 345 g/mol. The zero-order valence-electron chi connectivity index (χ0n) is 11.5. The van der Waals surface area contributed by atoms with Crippen LogP contribution in [0.1, 0.15) is 12.8 Å². The number of alkyl halides is 3. The van der Waals surface area contributed by atoms with Crippen LogP contribution in [0, 0.1) is 23.7 Å². The third kappa shape index (κ3) is 2.91. The van der Waals surface area contributed by atoms with Crippen molar-refractivity contribution >= 4 is 22.1 Å². The van der Waals surface area contributed by atoms with E-state index in [1.165, 1.54) is 0 Å². The quantitative estimate of drug-likeness (QED) is 0.577. The van der Waals surface area contributed by atoms with Gasteiger partial charge in [0.2, 0.25) is 0 Å². The van der Waals surface area contributed by atoms with E-state index in [0.29, 0.717) is 12.8 Å². The molecule has 6 unspecified atom stereocenters. The molecule has 0 spiro atoms. The highest BCUT2D eigenvalue weighted by Crippen LogP contribution is 2.55. The Bertz CT molecular complexity index is 644. The molecule has 3 rings (SSSR count). The van der Waals surface area contributed by atoms with E-state index >= 15 is 0 Å². The predicted molar refractivity (Wildman–Crippen MR) is 65.4 cm³/mol. The number of hydrogen-bond donors (Lipinski definition) is 1. The number of rotatable bonds is 4. The summed E-state index contributed by atoms with van der Waals surface area (Å²) in [5.41, 5.74) is 0. The Morgan fingerprint density at radius 2 is 2.04 bits per heavy atom. The van der Waals surface area contributed by atoms with Gasteiger partial charge in [-0.3, -0.25) is 14.1 Å². The summed E-state index contributed by atoms with van der Waals surface area (Å²) in [6.45, 7) is 0. The van der Waals surface area contributed by atoms with Gasteiger partial charge in [0, 0.05) is 11.8 Å². The van der Waals surface area contributed by atoms with Crippen LogP contribution in [0.5, 0.6) is 0 Å². The van der Waals surface area contributed by atoms with Crippen molar-refractivity contribution in [2.75, 3.05) is 5.75 Å². The number of carbonyl (C=O) groups is 2. The number of carbonyl (C=O) groups excluding carboxylic acids is 2. The van der Waals surface area contributed by atoms with Crippen molar-refractivity contribution in [1.82, 2.24) is 0 Å². The molecule has 7 nitrogen and oxygen atoms in total. The number of hydrogen-bond acceptors (Lipinski definition) is 6. The molecule has 1 heterocycles. The summed E-state index contributed by atoms with van der Waals surface area (Å²) < 4.78 is 78.5. The van der Waals surface area contributed by atoms with E-state index in [1.807, 2.05) is 0 Å². The molecule has 2 aliphatic carbocycles. The van der Waals surface area contributed by atoms with Gasteiger partial charge in [0.25, 0.3) is 10.1 Å². The van der Waals surface area contributed by atoms with Gasteiger partial charge in [-0.1, -0.05) is 0 Å². The summed E-state index contributed by atoms with van der Waals surface area (Å²) in [5, 5.41) is 0. The first-order valence-corrected chi connectivity index (χ1v) is 8.51. The van der Waals surface area contributed by atoms with Gasteiger partial charge in [-0.05, 0) is 12.8 Å². The maximum atomic E-state index is 12.9. The minimum absolute atomic E-state index is 0.170. The highest BCUT2D eigenvalue weighted by Gasteiger charge is 2.64. The SMILES string of the molecule is O=C1OC2C3CC(CC13)C2OC(=O)C(CS(=O)(=O)O)C(F)(F)F. The van der Waals surface area contributed by atoms with Gasteiger partial charge in [-0.25, -0.2) is 0 Å². The molecule has 3 fully saturated rings. The molecular formula is C12H13F3O7S. The molecule has 3 aliphatic rings. The molecule has 130 valence electrons. The van der Waals surface area contributed by atoms with Crippen LogP contribution in [0.4, 0.5) is 13.2 Å². The molecule has 1 N–H and O–H groups in total. The second kappa shape index (κ2) is 5.07. The summed E-state index contributed by atoms with van der Waals surface area (Å²) in [4.78, 5) is 23.3. The first-order valence-electron chi connectivity index (χ1n) is 6.90. The average molecular weight is 358 g/mol. The topological polar surface area (TPSA) is 107 Å². The molecule has 2 bridgehead atoms. The number of ether oxygens (including phenoxy) is 2. The van der Waals surface area contributed by atoms with Crippen LogP contribution in [0.2, 0.25) is 0 Å². The molecule has 23 heavy (non-hydrogen) atoms. The molecule has 1 aliphatic heterocycles. The molecule has 6 atom stereocenters. The highest BCUT2D eigenvalue weighted by atomic mass is 32.2. The predicted octanol–water partition coefficient (Wildman–Crippen LogP) is 0.546. The van der Waals surface area contributed by atoms with Crippen LogP contribution >= 0.6 is 0 Å². The third-order valence-electron chi connectivity index (χ3n) is 4.72. The maximum Gasteiger partial charge on any atom is 0.403 e. The summed E-state index contributed by atoms with van der Waals surface area (Å²) in [6, 6.07) is 0. The summed E-state index contributed by atoms with van der Waals surface area (Å²) in [5.74, 6) is -7.75. The van der Waals surface area contributed by atoms with Crippen LogP contribution < -0.4 is 0 Å². The van der Waals surface area contributed by atoms with Gasteiger partial charge in [0.05, 0.1) is 11.7 Å². The third-order valence-corrected chi connectivity index (χ3v) is 5.48. The fourth-order valence-corrected chi connectivity index (χ4v) is 4.53. The van der Waals surface area contributed by atoms with Gasteiger partial charge < -0.3 is 9.47 Å². The molecule has 2 saturated carbocycles. The molecule has 0 amide bonds. The first kappa shape index (κ1) is 16.5. The number of fused-ring (bicyclic) bond motifs is 1. The fourth-order valence-electron chi connectivity index (χ4n) is 3.79. The van der Waals surface area contributed by atoms with Crippen molar-refractivity contribution in [3.05, 3.63) is 0 Å². The van der Waals surface area contributed by atoms with E-state index in [4.69, 9.17) is 14.0 Å². The van der Waals surface area contributed by atoms with Crippen molar-refractivity contribution in [2.45, 2.75) is 31.2 Å². The second-order valence-corrected chi connectivity index (χ2v) is 7.64. The molecule has 11 heteroatoms. The van der Waals surface area contributed by atoms with Crippen LogP contribution in [-0.2, 0) is 29.2 Å².